The number of carbonyl (C=O) groups is 1. The van der Waals surface area contributed by atoms with Crippen molar-refractivity contribution in [1.29, 1.82) is 0 Å². The first kappa shape index (κ1) is 17.1. The maximum Gasteiger partial charge on any atom is 0.230 e. The first-order valence-electron chi connectivity index (χ1n) is 8.84. The summed E-state index contributed by atoms with van der Waals surface area (Å²) in [4.78, 5) is 13.1. The molecule has 1 N–H and O–H groups in total. The fraction of sp³-hybridized carbons (Fsp3) is 0.381. The van der Waals surface area contributed by atoms with E-state index < -0.39 is 0 Å². The second-order valence-electron chi connectivity index (χ2n) is 6.45. The highest BCUT2D eigenvalue weighted by atomic mass is 32.2. The van der Waals surface area contributed by atoms with Gasteiger partial charge in [-0.05, 0) is 42.0 Å². The summed E-state index contributed by atoms with van der Waals surface area (Å²) in [7, 11) is 0. The van der Waals surface area contributed by atoms with Gasteiger partial charge in [0.1, 0.15) is 0 Å². The van der Waals surface area contributed by atoms with Crippen LogP contribution in [0.25, 0.3) is 0 Å². The van der Waals surface area contributed by atoms with E-state index in [0.29, 0.717) is 12.3 Å². The maximum atomic E-state index is 12.0. The van der Waals surface area contributed by atoms with Gasteiger partial charge in [0.15, 0.2) is 0 Å². The standard InChI is InChI=1S/C21H25NOS/c23-21(16-24-20-9-5-2-6-10-20)22-15-17-11-13-19(14-12-17)18-7-3-1-4-8-18/h2,5-6,9-14,18H,1,3-4,7-8,15-16H2,(H,22,23). The summed E-state index contributed by atoms with van der Waals surface area (Å²) in [5.74, 6) is 1.29. The molecule has 126 valence electrons. The van der Waals surface area contributed by atoms with Crippen molar-refractivity contribution in [3.05, 3.63) is 65.7 Å². The molecule has 2 aromatic carbocycles. The van der Waals surface area contributed by atoms with Crippen LogP contribution in [0.4, 0.5) is 0 Å². The predicted molar refractivity (Wildman–Crippen MR) is 101 cm³/mol. The fourth-order valence-corrected chi connectivity index (χ4v) is 4.01. The van der Waals surface area contributed by atoms with Gasteiger partial charge in [-0.2, -0.15) is 0 Å². The predicted octanol–water partition coefficient (Wildman–Crippen LogP) is 5.14. The van der Waals surface area contributed by atoms with Gasteiger partial charge in [0.2, 0.25) is 5.91 Å². The fourth-order valence-electron chi connectivity index (χ4n) is 3.26. The average molecular weight is 340 g/mol. The molecule has 0 spiro atoms. The van der Waals surface area contributed by atoms with Crippen molar-refractivity contribution in [3.8, 4) is 0 Å². The molecule has 0 aliphatic heterocycles. The highest BCUT2D eigenvalue weighted by molar-refractivity contribution is 8.00. The van der Waals surface area contributed by atoms with Crippen molar-refractivity contribution in [2.45, 2.75) is 49.5 Å². The number of benzene rings is 2. The van der Waals surface area contributed by atoms with Crippen molar-refractivity contribution in [1.82, 2.24) is 5.32 Å². The van der Waals surface area contributed by atoms with E-state index in [1.54, 1.807) is 11.8 Å². The molecule has 1 aliphatic rings. The van der Waals surface area contributed by atoms with E-state index in [2.05, 4.69) is 29.6 Å². The quantitative estimate of drug-likeness (QED) is 0.738. The van der Waals surface area contributed by atoms with Gasteiger partial charge in [0, 0.05) is 11.4 Å². The molecule has 3 rings (SSSR count). The Balaban J connectivity index is 1.43. The van der Waals surface area contributed by atoms with E-state index in [1.807, 2.05) is 30.3 Å². The zero-order valence-electron chi connectivity index (χ0n) is 14.0. The van der Waals surface area contributed by atoms with E-state index in [9.17, 15) is 4.79 Å². The Morgan fingerprint density at radius 2 is 1.67 bits per heavy atom. The summed E-state index contributed by atoms with van der Waals surface area (Å²) in [6.07, 6.45) is 6.77. The van der Waals surface area contributed by atoms with Crippen LogP contribution in [0.1, 0.15) is 49.1 Å². The van der Waals surface area contributed by atoms with E-state index in [1.165, 1.54) is 43.2 Å². The third-order valence-corrected chi connectivity index (χ3v) is 5.67. The Bertz CT molecular complexity index is 633. The largest absolute Gasteiger partial charge is 0.351 e. The smallest absolute Gasteiger partial charge is 0.230 e. The highest BCUT2D eigenvalue weighted by Gasteiger charge is 2.15. The van der Waals surface area contributed by atoms with E-state index in [-0.39, 0.29) is 5.91 Å². The van der Waals surface area contributed by atoms with Crippen molar-refractivity contribution in [2.75, 3.05) is 5.75 Å². The number of rotatable bonds is 6. The molecule has 3 heteroatoms. The third kappa shape index (κ3) is 5.13. The Morgan fingerprint density at radius 3 is 2.38 bits per heavy atom. The minimum absolute atomic E-state index is 0.0835. The number of hydrogen-bond donors (Lipinski definition) is 1. The van der Waals surface area contributed by atoms with Crippen LogP contribution >= 0.6 is 11.8 Å². The van der Waals surface area contributed by atoms with Crippen molar-refractivity contribution in [2.24, 2.45) is 0 Å². The Morgan fingerprint density at radius 1 is 0.958 bits per heavy atom. The van der Waals surface area contributed by atoms with Gasteiger partial charge in [-0.3, -0.25) is 4.79 Å². The van der Waals surface area contributed by atoms with Gasteiger partial charge in [0.05, 0.1) is 5.75 Å². The van der Waals surface area contributed by atoms with E-state index in [0.717, 1.165) is 10.8 Å². The first-order chi connectivity index (χ1) is 11.8. The molecule has 0 atom stereocenters. The van der Waals surface area contributed by atoms with Gasteiger partial charge < -0.3 is 5.32 Å². The molecule has 24 heavy (non-hydrogen) atoms. The van der Waals surface area contributed by atoms with E-state index in [4.69, 9.17) is 0 Å². The molecule has 1 saturated carbocycles. The molecule has 0 aromatic heterocycles. The number of amides is 1. The summed E-state index contributed by atoms with van der Waals surface area (Å²) in [6.45, 7) is 0.610. The number of hydrogen-bond acceptors (Lipinski definition) is 2. The van der Waals surface area contributed by atoms with Crippen molar-refractivity contribution < 1.29 is 4.79 Å². The second-order valence-corrected chi connectivity index (χ2v) is 7.50. The van der Waals surface area contributed by atoms with Crippen LogP contribution in [0.3, 0.4) is 0 Å². The van der Waals surface area contributed by atoms with Gasteiger partial charge in [-0.25, -0.2) is 0 Å². The molecule has 0 saturated heterocycles. The summed E-state index contributed by atoms with van der Waals surface area (Å²) in [6, 6.07) is 18.8. The molecule has 0 heterocycles. The van der Waals surface area contributed by atoms with Crippen LogP contribution < -0.4 is 5.32 Å². The molecule has 2 nitrogen and oxygen atoms in total. The van der Waals surface area contributed by atoms with Crippen LogP contribution in [-0.4, -0.2) is 11.7 Å². The Kier molecular flexibility index (Phi) is 6.36. The topological polar surface area (TPSA) is 29.1 Å². The zero-order chi connectivity index (χ0) is 16.6. The first-order valence-corrected chi connectivity index (χ1v) is 9.83. The summed E-state index contributed by atoms with van der Waals surface area (Å²) in [5, 5.41) is 3.01. The zero-order valence-corrected chi connectivity index (χ0v) is 14.9. The molecule has 1 amide bonds. The Labute approximate surface area is 149 Å². The lowest BCUT2D eigenvalue weighted by atomic mass is 9.84. The lowest BCUT2D eigenvalue weighted by Crippen LogP contribution is -2.24. The lowest BCUT2D eigenvalue weighted by molar-refractivity contribution is -0.118. The molecule has 0 bridgehead atoms. The SMILES string of the molecule is O=C(CSc1ccccc1)NCc1ccc(C2CCCCC2)cc1. The lowest BCUT2D eigenvalue weighted by Gasteiger charge is -2.22. The van der Waals surface area contributed by atoms with Gasteiger partial charge in [-0.1, -0.05) is 61.7 Å². The molecule has 1 fully saturated rings. The molecule has 0 unspecified atom stereocenters. The van der Waals surface area contributed by atoms with Crippen LogP contribution in [0, 0.1) is 0 Å². The molecule has 0 radical (unpaired) electrons. The van der Waals surface area contributed by atoms with Gasteiger partial charge in [0.25, 0.3) is 0 Å². The van der Waals surface area contributed by atoms with E-state index >= 15 is 0 Å². The van der Waals surface area contributed by atoms with Crippen molar-refractivity contribution in [3.63, 3.8) is 0 Å². The summed E-state index contributed by atoms with van der Waals surface area (Å²) < 4.78 is 0. The Hall–Kier alpha value is -1.74. The third-order valence-electron chi connectivity index (χ3n) is 4.66. The average Bonchev–Trinajstić information content (AvgIpc) is 2.67. The minimum atomic E-state index is 0.0835. The van der Waals surface area contributed by atoms with Gasteiger partial charge >= 0.3 is 0 Å². The van der Waals surface area contributed by atoms with Crippen LogP contribution in [0.15, 0.2) is 59.5 Å². The summed E-state index contributed by atoms with van der Waals surface area (Å²) in [5.41, 5.74) is 2.64. The van der Waals surface area contributed by atoms with Crippen LogP contribution in [0.5, 0.6) is 0 Å². The highest BCUT2D eigenvalue weighted by Crippen LogP contribution is 2.32. The molecular weight excluding hydrogens is 314 g/mol. The second kappa shape index (κ2) is 8.93. The van der Waals surface area contributed by atoms with Gasteiger partial charge in [-0.15, -0.1) is 11.8 Å². The monoisotopic (exact) mass is 339 g/mol. The molecule has 1 aliphatic carbocycles. The summed E-state index contributed by atoms with van der Waals surface area (Å²) >= 11 is 1.57. The maximum absolute atomic E-state index is 12.0. The molecular formula is C21H25NOS. The number of thioether (sulfide) groups is 1. The normalized spacial score (nSPS) is 15.2. The number of nitrogens with one attached hydrogen (secondary N) is 1. The van der Waals surface area contributed by atoms with Crippen LogP contribution in [-0.2, 0) is 11.3 Å². The number of carbonyl (C=O) groups excluding carboxylic acids is 1. The van der Waals surface area contributed by atoms with Crippen molar-refractivity contribution >= 4 is 17.7 Å². The minimum Gasteiger partial charge on any atom is -0.351 e. The molecule has 2 aromatic rings. The van der Waals surface area contributed by atoms with Crippen LogP contribution in [0.2, 0.25) is 0 Å².